The van der Waals surface area contributed by atoms with Crippen molar-refractivity contribution in [2.75, 3.05) is 37.0 Å². The second-order valence-corrected chi connectivity index (χ2v) is 6.27. The number of rotatable bonds is 8. The van der Waals surface area contributed by atoms with Crippen LogP contribution >= 0.6 is 0 Å². The van der Waals surface area contributed by atoms with E-state index in [9.17, 15) is 0 Å². The van der Waals surface area contributed by atoms with Gasteiger partial charge in [-0.3, -0.25) is 0 Å². The number of ether oxygens (including phenoxy) is 1. The van der Waals surface area contributed by atoms with E-state index in [1.807, 2.05) is 12.1 Å². The second-order valence-electron chi connectivity index (χ2n) is 6.27. The number of para-hydroxylation sites is 2. The molecule has 1 aliphatic heterocycles. The van der Waals surface area contributed by atoms with Crippen molar-refractivity contribution >= 4 is 22.3 Å². The number of nitrogens with one attached hydrogen (secondary N) is 4. The molecule has 0 unspecified atom stereocenters. The van der Waals surface area contributed by atoms with Gasteiger partial charge in [0, 0.05) is 23.6 Å². The lowest BCUT2D eigenvalue weighted by atomic mass is 10.1. The summed E-state index contributed by atoms with van der Waals surface area (Å²) in [6.45, 7) is 3.29. The highest BCUT2D eigenvalue weighted by Crippen LogP contribution is 2.35. The molecule has 0 fully saturated rings. The maximum absolute atomic E-state index is 5.89. The van der Waals surface area contributed by atoms with Crippen LogP contribution < -0.4 is 20.7 Å². The molecule has 0 spiro atoms. The average molecular weight is 336 g/mol. The monoisotopic (exact) mass is 336 g/mol. The van der Waals surface area contributed by atoms with Crippen LogP contribution in [-0.4, -0.2) is 31.3 Å². The zero-order valence-electron chi connectivity index (χ0n) is 14.3. The van der Waals surface area contributed by atoms with Crippen molar-refractivity contribution in [1.29, 1.82) is 0 Å². The lowest BCUT2D eigenvalue weighted by molar-refractivity contribution is 0.315. The van der Waals surface area contributed by atoms with E-state index in [2.05, 4.69) is 57.5 Å². The first-order valence-corrected chi connectivity index (χ1v) is 8.91. The summed E-state index contributed by atoms with van der Waals surface area (Å²) in [5.74, 6) is 0.920. The molecule has 5 nitrogen and oxygen atoms in total. The molecular weight excluding hydrogens is 312 g/mol. The Balaban J connectivity index is 1.17. The standard InChI is InChI=1S/C20H24N4O/c1-2-7-17-16(6-1)15(13-22-17)5-4-10-21-11-12-25-19-9-3-8-18-20(19)24-14-23-18/h1-3,6-9,13,21-24H,4-5,10-12,14H2. The summed E-state index contributed by atoms with van der Waals surface area (Å²) in [4.78, 5) is 3.34. The molecule has 4 rings (SSSR count). The minimum atomic E-state index is 0.672. The van der Waals surface area contributed by atoms with Gasteiger partial charge < -0.3 is 25.7 Å². The first kappa shape index (κ1) is 15.8. The van der Waals surface area contributed by atoms with E-state index in [4.69, 9.17) is 4.74 Å². The molecule has 0 amide bonds. The Labute approximate surface area is 147 Å². The van der Waals surface area contributed by atoms with E-state index in [0.717, 1.165) is 49.7 Å². The van der Waals surface area contributed by atoms with E-state index in [1.165, 1.54) is 16.5 Å². The number of aryl methyl sites for hydroxylation is 1. The molecule has 0 saturated carbocycles. The third-order valence-electron chi connectivity index (χ3n) is 4.58. The molecule has 2 heterocycles. The Hall–Kier alpha value is -2.66. The van der Waals surface area contributed by atoms with E-state index >= 15 is 0 Å². The van der Waals surface area contributed by atoms with Gasteiger partial charge in [0.1, 0.15) is 18.0 Å². The summed E-state index contributed by atoms with van der Waals surface area (Å²) in [6, 6.07) is 14.6. The molecule has 0 bridgehead atoms. The maximum Gasteiger partial charge on any atom is 0.144 e. The second kappa shape index (κ2) is 7.49. The van der Waals surface area contributed by atoms with E-state index in [0.29, 0.717) is 6.61 Å². The number of aromatic nitrogens is 1. The largest absolute Gasteiger partial charge is 0.490 e. The highest BCUT2D eigenvalue weighted by Gasteiger charge is 2.13. The highest BCUT2D eigenvalue weighted by atomic mass is 16.5. The molecule has 0 saturated heterocycles. The van der Waals surface area contributed by atoms with Gasteiger partial charge >= 0.3 is 0 Å². The molecule has 25 heavy (non-hydrogen) atoms. The molecule has 3 aromatic rings. The van der Waals surface area contributed by atoms with Gasteiger partial charge in [0.15, 0.2) is 0 Å². The third kappa shape index (κ3) is 3.56. The van der Waals surface area contributed by atoms with Gasteiger partial charge in [0.25, 0.3) is 0 Å². The van der Waals surface area contributed by atoms with E-state index < -0.39 is 0 Å². The number of benzene rings is 2. The number of hydrogen-bond acceptors (Lipinski definition) is 4. The number of anilines is 2. The fourth-order valence-electron chi connectivity index (χ4n) is 3.31. The third-order valence-corrected chi connectivity index (χ3v) is 4.58. The number of fused-ring (bicyclic) bond motifs is 2. The van der Waals surface area contributed by atoms with Crippen molar-refractivity contribution in [1.82, 2.24) is 10.3 Å². The Bertz CT molecular complexity index is 843. The SMILES string of the molecule is c1cc2c(c(OCCNCCCc3c[nH]c4ccccc34)c1)NCN2. The summed E-state index contributed by atoms with van der Waals surface area (Å²) < 4.78 is 5.89. The first-order valence-electron chi connectivity index (χ1n) is 8.91. The summed E-state index contributed by atoms with van der Waals surface area (Å²) in [5.41, 5.74) is 4.80. The van der Waals surface area contributed by atoms with Crippen molar-refractivity contribution in [3.8, 4) is 5.75 Å². The van der Waals surface area contributed by atoms with Gasteiger partial charge in [-0.25, -0.2) is 0 Å². The molecular formula is C20H24N4O. The number of H-pyrrole nitrogens is 1. The van der Waals surface area contributed by atoms with Crippen LogP contribution in [0.2, 0.25) is 0 Å². The molecule has 0 atom stereocenters. The van der Waals surface area contributed by atoms with Crippen LogP contribution in [0.15, 0.2) is 48.7 Å². The smallest absolute Gasteiger partial charge is 0.144 e. The molecule has 0 radical (unpaired) electrons. The highest BCUT2D eigenvalue weighted by molar-refractivity contribution is 5.83. The Morgan fingerprint density at radius 3 is 2.96 bits per heavy atom. The molecule has 0 aliphatic carbocycles. The van der Waals surface area contributed by atoms with Crippen LogP contribution in [0.25, 0.3) is 10.9 Å². The lowest BCUT2D eigenvalue weighted by Crippen LogP contribution is -2.22. The van der Waals surface area contributed by atoms with Crippen LogP contribution in [0, 0.1) is 0 Å². The van der Waals surface area contributed by atoms with Crippen molar-refractivity contribution in [2.24, 2.45) is 0 Å². The van der Waals surface area contributed by atoms with E-state index in [1.54, 1.807) is 0 Å². The van der Waals surface area contributed by atoms with Crippen molar-refractivity contribution in [3.63, 3.8) is 0 Å². The zero-order chi connectivity index (χ0) is 16.9. The topological polar surface area (TPSA) is 61.1 Å². The number of aromatic amines is 1. The first-order chi connectivity index (χ1) is 12.4. The average Bonchev–Trinajstić information content (AvgIpc) is 3.28. The van der Waals surface area contributed by atoms with Gasteiger partial charge in [0.05, 0.1) is 12.4 Å². The van der Waals surface area contributed by atoms with Gasteiger partial charge in [0.2, 0.25) is 0 Å². The van der Waals surface area contributed by atoms with Crippen LogP contribution in [0.5, 0.6) is 5.75 Å². The van der Waals surface area contributed by atoms with E-state index in [-0.39, 0.29) is 0 Å². The summed E-state index contributed by atoms with van der Waals surface area (Å²) in [7, 11) is 0. The predicted molar refractivity (Wildman–Crippen MR) is 104 cm³/mol. The molecule has 130 valence electrons. The van der Waals surface area contributed by atoms with Crippen molar-refractivity contribution < 1.29 is 4.74 Å². The van der Waals surface area contributed by atoms with Gasteiger partial charge in [-0.1, -0.05) is 24.3 Å². The zero-order valence-corrected chi connectivity index (χ0v) is 14.3. The van der Waals surface area contributed by atoms with Crippen molar-refractivity contribution in [2.45, 2.75) is 12.8 Å². The Morgan fingerprint density at radius 2 is 1.96 bits per heavy atom. The molecule has 2 aromatic carbocycles. The summed E-state index contributed by atoms with van der Waals surface area (Å²) in [6.07, 6.45) is 4.33. The van der Waals surface area contributed by atoms with Crippen LogP contribution in [-0.2, 0) is 6.42 Å². The normalized spacial score (nSPS) is 12.6. The fraction of sp³-hybridized carbons (Fsp3) is 0.300. The molecule has 5 heteroatoms. The minimum Gasteiger partial charge on any atom is -0.490 e. The van der Waals surface area contributed by atoms with Crippen LogP contribution in [0.4, 0.5) is 11.4 Å². The van der Waals surface area contributed by atoms with Crippen LogP contribution in [0.1, 0.15) is 12.0 Å². The summed E-state index contributed by atoms with van der Waals surface area (Å²) in [5, 5.41) is 11.4. The Kier molecular flexibility index (Phi) is 4.74. The number of hydrogen-bond donors (Lipinski definition) is 4. The van der Waals surface area contributed by atoms with Crippen LogP contribution in [0.3, 0.4) is 0 Å². The summed E-state index contributed by atoms with van der Waals surface area (Å²) >= 11 is 0. The molecule has 1 aliphatic rings. The quantitative estimate of drug-likeness (QED) is 0.475. The Morgan fingerprint density at radius 1 is 1.00 bits per heavy atom. The van der Waals surface area contributed by atoms with Crippen molar-refractivity contribution in [3.05, 3.63) is 54.2 Å². The van der Waals surface area contributed by atoms with Gasteiger partial charge in [-0.2, -0.15) is 0 Å². The maximum atomic E-state index is 5.89. The molecule has 4 N–H and O–H groups in total. The van der Waals surface area contributed by atoms with Gasteiger partial charge in [-0.15, -0.1) is 0 Å². The lowest BCUT2D eigenvalue weighted by Gasteiger charge is -2.10. The minimum absolute atomic E-state index is 0.672. The fourth-order valence-corrected chi connectivity index (χ4v) is 3.31. The molecule has 1 aromatic heterocycles. The van der Waals surface area contributed by atoms with Gasteiger partial charge in [-0.05, 0) is 43.1 Å². The predicted octanol–water partition coefficient (Wildman–Crippen LogP) is 3.56.